The number of aryl methyl sites for hydroxylation is 1. The number of hydrogen-bond donors (Lipinski definition) is 0. The Balaban J connectivity index is 1.61. The molecule has 0 aliphatic carbocycles. The van der Waals surface area contributed by atoms with Gasteiger partial charge in [0.1, 0.15) is 0 Å². The van der Waals surface area contributed by atoms with Crippen molar-refractivity contribution in [2.75, 3.05) is 19.3 Å². The van der Waals surface area contributed by atoms with Crippen LogP contribution in [0.1, 0.15) is 41.9 Å². The van der Waals surface area contributed by atoms with Crippen LogP contribution in [-0.4, -0.2) is 35.1 Å². The van der Waals surface area contributed by atoms with Gasteiger partial charge in [0, 0.05) is 35.4 Å². The van der Waals surface area contributed by atoms with Crippen molar-refractivity contribution in [2.45, 2.75) is 37.0 Å². The predicted molar refractivity (Wildman–Crippen MR) is 107 cm³/mol. The molecule has 1 saturated heterocycles. The zero-order chi connectivity index (χ0) is 17.6. The number of carbonyl (C=O) groups is 1. The molecule has 3 nitrogen and oxygen atoms in total. The molecule has 1 aromatic heterocycles. The van der Waals surface area contributed by atoms with E-state index in [4.69, 9.17) is 4.98 Å². The Hall–Kier alpha value is -1.59. The van der Waals surface area contributed by atoms with Crippen molar-refractivity contribution in [1.82, 2.24) is 9.88 Å². The zero-order valence-electron chi connectivity index (χ0n) is 14.8. The van der Waals surface area contributed by atoms with E-state index in [0.717, 1.165) is 43.6 Å². The number of hydrogen-bond acceptors (Lipinski definition) is 4. The first-order valence-corrected chi connectivity index (χ1v) is 10.9. The summed E-state index contributed by atoms with van der Waals surface area (Å²) in [6, 6.07) is 8.27. The summed E-state index contributed by atoms with van der Waals surface area (Å²) in [5, 5.41) is 3.33. The lowest BCUT2D eigenvalue weighted by Crippen LogP contribution is -2.38. The van der Waals surface area contributed by atoms with Gasteiger partial charge in [0.2, 0.25) is 5.91 Å². The highest BCUT2D eigenvalue weighted by Gasteiger charge is 2.25. The molecule has 1 aliphatic heterocycles. The number of amides is 1. The van der Waals surface area contributed by atoms with Crippen molar-refractivity contribution in [2.24, 2.45) is 0 Å². The quantitative estimate of drug-likeness (QED) is 0.556. The molecule has 2 heterocycles. The molecular weight excluding hydrogens is 348 g/mol. The minimum atomic E-state index is 0.103. The summed E-state index contributed by atoms with van der Waals surface area (Å²) in [5.74, 6) is 0.489. The minimum absolute atomic E-state index is 0.103. The van der Waals surface area contributed by atoms with Gasteiger partial charge in [-0.15, -0.1) is 23.1 Å². The molecule has 2 aromatic rings. The fourth-order valence-corrected chi connectivity index (χ4v) is 4.48. The first-order chi connectivity index (χ1) is 12.2. The van der Waals surface area contributed by atoms with Gasteiger partial charge in [0.25, 0.3) is 0 Å². The van der Waals surface area contributed by atoms with Crippen LogP contribution in [0.5, 0.6) is 0 Å². The van der Waals surface area contributed by atoms with Crippen LogP contribution in [0.15, 0.2) is 40.6 Å². The van der Waals surface area contributed by atoms with Gasteiger partial charge in [-0.1, -0.05) is 19.1 Å². The molecule has 1 amide bonds. The summed E-state index contributed by atoms with van der Waals surface area (Å²) in [6.45, 7) is 3.76. The summed E-state index contributed by atoms with van der Waals surface area (Å²) in [4.78, 5) is 20.5. The molecule has 3 rings (SSSR count). The van der Waals surface area contributed by atoms with Crippen LogP contribution in [0, 0.1) is 0 Å². The number of thioether (sulfide) groups is 1. The number of likely N-dealkylation sites (tertiary alicyclic amines) is 1. The van der Waals surface area contributed by atoms with Crippen LogP contribution in [0.3, 0.4) is 0 Å². The number of aromatic nitrogens is 1. The molecule has 1 aliphatic rings. The fraction of sp³-hybridized carbons (Fsp3) is 0.400. The maximum Gasteiger partial charge on any atom is 0.246 e. The van der Waals surface area contributed by atoms with Crippen LogP contribution in [0.25, 0.3) is 6.08 Å². The normalized spacial score (nSPS) is 18.0. The number of nitrogens with zero attached hydrogens (tertiary/aromatic N) is 2. The van der Waals surface area contributed by atoms with E-state index < -0.39 is 0 Å². The molecular formula is C20H24N2OS2. The monoisotopic (exact) mass is 372 g/mol. The van der Waals surface area contributed by atoms with Gasteiger partial charge in [-0.05, 0) is 49.3 Å². The third-order valence-electron chi connectivity index (χ3n) is 4.55. The second-order valence-electron chi connectivity index (χ2n) is 6.26. The zero-order valence-corrected chi connectivity index (χ0v) is 16.4. The van der Waals surface area contributed by atoms with E-state index in [2.05, 4.69) is 42.8 Å². The van der Waals surface area contributed by atoms with Crippen LogP contribution < -0.4 is 0 Å². The fourth-order valence-electron chi connectivity index (χ4n) is 3.04. The number of piperidine rings is 1. The second-order valence-corrected chi connectivity index (χ2v) is 8.03. The number of thiazole rings is 1. The molecule has 25 heavy (non-hydrogen) atoms. The summed E-state index contributed by atoms with van der Waals surface area (Å²) in [7, 11) is 0. The van der Waals surface area contributed by atoms with Crippen molar-refractivity contribution in [3.8, 4) is 0 Å². The smallest absolute Gasteiger partial charge is 0.246 e. The van der Waals surface area contributed by atoms with Gasteiger partial charge in [0.15, 0.2) is 0 Å². The lowest BCUT2D eigenvalue weighted by molar-refractivity contribution is -0.127. The molecule has 0 bridgehead atoms. The minimum Gasteiger partial charge on any atom is -0.338 e. The Labute approximate surface area is 158 Å². The van der Waals surface area contributed by atoms with Gasteiger partial charge in [-0.2, -0.15) is 0 Å². The van der Waals surface area contributed by atoms with Gasteiger partial charge in [-0.25, -0.2) is 4.98 Å². The topological polar surface area (TPSA) is 33.2 Å². The SMILES string of the molecule is CCc1csc(C2CCCN(C(=O)/C=C/c3ccc(SC)cc3)C2)n1. The maximum absolute atomic E-state index is 12.6. The predicted octanol–water partition coefficient (Wildman–Crippen LogP) is 4.85. The molecule has 1 aromatic carbocycles. The van der Waals surface area contributed by atoms with E-state index in [1.54, 1.807) is 29.2 Å². The molecule has 132 valence electrons. The Morgan fingerprint density at radius 3 is 2.88 bits per heavy atom. The van der Waals surface area contributed by atoms with Gasteiger partial charge >= 0.3 is 0 Å². The van der Waals surface area contributed by atoms with E-state index in [9.17, 15) is 4.79 Å². The second kappa shape index (κ2) is 8.68. The van der Waals surface area contributed by atoms with E-state index in [1.165, 1.54) is 9.90 Å². The van der Waals surface area contributed by atoms with Crippen LogP contribution in [0.4, 0.5) is 0 Å². The maximum atomic E-state index is 12.6. The highest BCUT2D eigenvalue weighted by Crippen LogP contribution is 2.29. The van der Waals surface area contributed by atoms with Crippen LogP contribution in [-0.2, 0) is 11.2 Å². The van der Waals surface area contributed by atoms with E-state index in [1.807, 2.05) is 11.0 Å². The largest absolute Gasteiger partial charge is 0.338 e. The lowest BCUT2D eigenvalue weighted by atomic mass is 9.98. The highest BCUT2D eigenvalue weighted by molar-refractivity contribution is 7.98. The molecule has 1 unspecified atom stereocenters. The van der Waals surface area contributed by atoms with Gasteiger partial charge in [-0.3, -0.25) is 4.79 Å². The summed E-state index contributed by atoms with van der Waals surface area (Å²) >= 11 is 3.46. The average Bonchev–Trinajstić information content (AvgIpc) is 3.16. The number of rotatable bonds is 5. The Morgan fingerprint density at radius 1 is 1.40 bits per heavy atom. The van der Waals surface area contributed by atoms with Gasteiger partial charge < -0.3 is 4.90 Å². The molecule has 0 spiro atoms. The first kappa shape index (κ1) is 18.2. The molecule has 1 atom stereocenters. The number of benzene rings is 1. The van der Waals surface area contributed by atoms with Crippen molar-refractivity contribution in [3.63, 3.8) is 0 Å². The molecule has 0 radical (unpaired) electrons. The Morgan fingerprint density at radius 2 is 2.20 bits per heavy atom. The summed E-state index contributed by atoms with van der Waals surface area (Å²) in [6.07, 6.45) is 8.83. The Bertz CT molecular complexity index is 736. The molecule has 1 fully saturated rings. The molecule has 0 saturated carbocycles. The average molecular weight is 373 g/mol. The van der Waals surface area contributed by atoms with Crippen LogP contribution in [0.2, 0.25) is 0 Å². The molecule has 0 N–H and O–H groups in total. The van der Waals surface area contributed by atoms with Crippen molar-refractivity contribution < 1.29 is 4.79 Å². The first-order valence-electron chi connectivity index (χ1n) is 8.75. The van der Waals surface area contributed by atoms with Crippen molar-refractivity contribution in [3.05, 3.63) is 52.0 Å². The van der Waals surface area contributed by atoms with E-state index in [0.29, 0.717) is 5.92 Å². The molecule has 5 heteroatoms. The van der Waals surface area contributed by atoms with E-state index in [-0.39, 0.29) is 5.91 Å². The number of carbonyl (C=O) groups excluding carboxylic acids is 1. The van der Waals surface area contributed by atoms with Gasteiger partial charge in [0.05, 0.1) is 10.7 Å². The highest BCUT2D eigenvalue weighted by atomic mass is 32.2. The third-order valence-corrected chi connectivity index (χ3v) is 6.35. The summed E-state index contributed by atoms with van der Waals surface area (Å²) in [5.41, 5.74) is 2.23. The summed E-state index contributed by atoms with van der Waals surface area (Å²) < 4.78 is 0. The standard InChI is InChI=1S/C20H24N2OS2/c1-3-17-14-25-20(21-17)16-5-4-12-22(13-16)19(23)11-8-15-6-9-18(24-2)10-7-15/h6-11,14,16H,3-5,12-13H2,1-2H3/b11-8+. The lowest BCUT2D eigenvalue weighted by Gasteiger charge is -2.31. The third kappa shape index (κ3) is 4.73. The van der Waals surface area contributed by atoms with Crippen molar-refractivity contribution >= 4 is 35.1 Å². The van der Waals surface area contributed by atoms with Crippen molar-refractivity contribution in [1.29, 1.82) is 0 Å². The van der Waals surface area contributed by atoms with E-state index >= 15 is 0 Å². The van der Waals surface area contributed by atoms with Crippen LogP contribution >= 0.6 is 23.1 Å². The Kier molecular flexibility index (Phi) is 6.32.